The first-order valence-electron chi connectivity index (χ1n) is 6.16. The molecule has 0 aliphatic heterocycles. The Morgan fingerprint density at radius 1 is 1.20 bits per heavy atom. The average Bonchev–Trinajstić information content (AvgIpc) is 2.45. The maximum Gasteiger partial charge on any atom is 0.250 e. The Hall–Kier alpha value is -2.75. The second-order valence-electron chi connectivity index (χ2n) is 4.42. The fourth-order valence-corrected chi connectivity index (χ4v) is 1.75. The van der Waals surface area contributed by atoms with Gasteiger partial charge in [-0.25, -0.2) is 0 Å². The highest BCUT2D eigenvalue weighted by atomic mass is 16.3. The number of likely N-dealkylation sites (N-methyl/N-ethyl adjacent to an activating group) is 1. The summed E-state index contributed by atoms with van der Waals surface area (Å²) in [5, 5.41) is 9.23. The van der Waals surface area contributed by atoms with Crippen LogP contribution >= 0.6 is 0 Å². The Morgan fingerprint density at radius 3 is 2.55 bits per heavy atom. The van der Waals surface area contributed by atoms with E-state index in [2.05, 4.69) is 0 Å². The molecule has 2 aromatic carbocycles. The highest BCUT2D eigenvalue weighted by Crippen LogP contribution is 2.17. The predicted molar refractivity (Wildman–Crippen MR) is 81.4 cm³/mol. The second kappa shape index (κ2) is 5.93. The highest BCUT2D eigenvalue weighted by Gasteiger charge is 2.07. The summed E-state index contributed by atoms with van der Waals surface area (Å²) >= 11 is 0. The van der Waals surface area contributed by atoms with E-state index >= 15 is 0 Å². The van der Waals surface area contributed by atoms with Crippen molar-refractivity contribution in [1.29, 1.82) is 0 Å². The maximum absolute atomic E-state index is 12.0. The minimum Gasteiger partial charge on any atom is -0.508 e. The zero-order chi connectivity index (χ0) is 14.5. The average molecular weight is 268 g/mol. The first kappa shape index (κ1) is 13.7. The molecule has 4 nitrogen and oxygen atoms in total. The maximum atomic E-state index is 12.0. The molecular weight excluding hydrogens is 252 g/mol. The molecule has 0 spiro atoms. The molecule has 0 saturated heterocycles. The number of phenolic OH excluding ortho intramolecular Hbond substituents is 1. The third kappa shape index (κ3) is 3.38. The molecular formula is C16H16N2O2. The van der Waals surface area contributed by atoms with Gasteiger partial charge in [0.15, 0.2) is 0 Å². The van der Waals surface area contributed by atoms with Crippen molar-refractivity contribution in [2.75, 3.05) is 17.7 Å². The number of benzene rings is 2. The highest BCUT2D eigenvalue weighted by molar-refractivity contribution is 6.03. The van der Waals surface area contributed by atoms with E-state index in [1.807, 2.05) is 12.1 Å². The molecule has 0 radical (unpaired) electrons. The van der Waals surface area contributed by atoms with Gasteiger partial charge in [-0.2, -0.15) is 0 Å². The normalized spacial score (nSPS) is 10.7. The van der Waals surface area contributed by atoms with Crippen molar-refractivity contribution >= 4 is 23.4 Å². The lowest BCUT2D eigenvalue weighted by Gasteiger charge is -2.15. The molecule has 0 aliphatic carbocycles. The van der Waals surface area contributed by atoms with E-state index in [-0.39, 0.29) is 11.7 Å². The zero-order valence-corrected chi connectivity index (χ0v) is 11.2. The van der Waals surface area contributed by atoms with Gasteiger partial charge in [0.25, 0.3) is 5.91 Å². The number of hydrogen-bond acceptors (Lipinski definition) is 3. The van der Waals surface area contributed by atoms with Gasteiger partial charge in [-0.1, -0.05) is 12.1 Å². The SMILES string of the molecule is CN(C(=O)/C=C/c1cccc(N)c1)c1ccc(O)cc1. The molecule has 0 saturated carbocycles. The van der Waals surface area contributed by atoms with Crippen LogP contribution in [0.3, 0.4) is 0 Å². The van der Waals surface area contributed by atoms with Gasteiger partial charge in [0.2, 0.25) is 0 Å². The summed E-state index contributed by atoms with van der Waals surface area (Å²) in [6, 6.07) is 13.8. The van der Waals surface area contributed by atoms with Crippen LogP contribution in [0.25, 0.3) is 6.08 Å². The molecule has 4 heteroatoms. The summed E-state index contributed by atoms with van der Waals surface area (Å²) in [5.41, 5.74) is 7.92. The van der Waals surface area contributed by atoms with E-state index in [1.165, 1.54) is 11.0 Å². The summed E-state index contributed by atoms with van der Waals surface area (Å²) in [6.07, 6.45) is 3.21. The summed E-state index contributed by atoms with van der Waals surface area (Å²) in [4.78, 5) is 13.5. The molecule has 0 bridgehead atoms. The largest absolute Gasteiger partial charge is 0.508 e. The van der Waals surface area contributed by atoms with Crippen molar-refractivity contribution in [2.45, 2.75) is 0 Å². The predicted octanol–water partition coefficient (Wildman–Crippen LogP) is 2.65. The van der Waals surface area contributed by atoms with Crippen molar-refractivity contribution in [3.8, 4) is 5.75 Å². The molecule has 0 heterocycles. The smallest absolute Gasteiger partial charge is 0.250 e. The summed E-state index contributed by atoms with van der Waals surface area (Å²) < 4.78 is 0. The van der Waals surface area contributed by atoms with E-state index in [4.69, 9.17) is 5.73 Å². The van der Waals surface area contributed by atoms with Crippen LogP contribution in [0.5, 0.6) is 5.75 Å². The van der Waals surface area contributed by atoms with E-state index in [1.54, 1.807) is 49.5 Å². The zero-order valence-electron chi connectivity index (χ0n) is 11.2. The van der Waals surface area contributed by atoms with Gasteiger partial charge >= 0.3 is 0 Å². The Kier molecular flexibility index (Phi) is 4.05. The quantitative estimate of drug-likeness (QED) is 0.664. The molecule has 2 aromatic rings. The van der Waals surface area contributed by atoms with Crippen LogP contribution in [-0.4, -0.2) is 18.1 Å². The van der Waals surface area contributed by atoms with Crippen LogP contribution in [0, 0.1) is 0 Å². The number of carbonyl (C=O) groups excluding carboxylic acids is 1. The molecule has 1 amide bonds. The molecule has 0 unspecified atom stereocenters. The summed E-state index contributed by atoms with van der Waals surface area (Å²) in [6.45, 7) is 0. The van der Waals surface area contributed by atoms with Gasteiger partial charge in [-0.05, 0) is 48.0 Å². The molecule has 0 fully saturated rings. The number of rotatable bonds is 3. The molecule has 2 rings (SSSR count). The van der Waals surface area contributed by atoms with E-state index in [0.717, 1.165) is 5.56 Å². The number of hydrogen-bond donors (Lipinski definition) is 2. The number of phenols is 1. The standard InChI is InChI=1S/C16H16N2O2/c1-18(14-6-8-15(19)9-7-14)16(20)10-5-12-3-2-4-13(17)11-12/h2-11,19H,17H2,1H3/b10-5+. The van der Waals surface area contributed by atoms with Crippen molar-refractivity contribution in [3.05, 3.63) is 60.2 Å². The van der Waals surface area contributed by atoms with Gasteiger partial charge < -0.3 is 15.7 Å². The summed E-state index contributed by atoms with van der Waals surface area (Å²) in [5.74, 6) is 0.0167. The number of carbonyl (C=O) groups is 1. The number of nitrogens with zero attached hydrogens (tertiary/aromatic N) is 1. The molecule has 0 atom stereocenters. The van der Waals surface area contributed by atoms with Gasteiger partial charge in [0.05, 0.1) is 0 Å². The number of amides is 1. The number of nitrogens with two attached hydrogens (primary N) is 1. The van der Waals surface area contributed by atoms with Crippen LogP contribution in [0.1, 0.15) is 5.56 Å². The minimum atomic E-state index is -0.155. The molecule has 102 valence electrons. The lowest BCUT2D eigenvalue weighted by atomic mass is 10.2. The summed E-state index contributed by atoms with van der Waals surface area (Å²) in [7, 11) is 1.68. The van der Waals surface area contributed by atoms with Crippen molar-refractivity contribution in [2.24, 2.45) is 0 Å². The van der Waals surface area contributed by atoms with E-state index < -0.39 is 0 Å². The third-order valence-corrected chi connectivity index (χ3v) is 2.90. The second-order valence-corrected chi connectivity index (χ2v) is 4.42. The van der Waals surface area contributed by atoms with E-state index in [9.17, 15) is 9.90 Å². The van der Waals surface area contributed by atoms with Gasteiger partial charge in [0, 0.05) is 24.5 Å². The fourth-order valence-electron chi connectivity index (χ4n) is 1.75. The fraction of sp³-hybridized carbons (Fsp3) is 0.0625. The topological polar surface area (TPSA) is 66.6 Å². The lowest BCUT2D eigenvalue weighted by molar-refractivity contribution is -0.113. The first-order valence-corrected chi connectivity index (χ1v) is 6.16. The monoisotopic (exact) mass is 268 g/mol. The van der Waals surface area contributed by atoms with Gasteiger partial charge in [0.1, 0.15) is 5.75 Å². The van der Waals surface area contributed by atoms with Crippen molar-refractivity contribution < 1.29 is 9.90 Å². The van der Waals surface area contributed by atoms with Crippen LogP contribution in [0.15, 0.2) is 54.6 Å². The van der Waals surface area contributed by atoms with Crippen molar-refractivity contribution in [1.82, 2.24) is 0 Å². The number of aromatic hydroxyl groups is 1. The minimum absolute atomic E-state index is 0.155. The van der Waals surface area contributed by atoms with Crippen LogP contribution < -0.4 is 10.6 Å². The molecule has 0 aliphatic rings. The number of nitrogen functional groups attached to an aromatic ring is 1. The Bertz CT molecular complexity index is 633. The van der Waals surface area contributed by atoms with Gasteiger partial charge in [-0.3, -0.25) is 4.79 Å². The Labute approximate surface area is 117 Å². The molecule has 0 aromatic heterocycles. The van der Waals surface area contributed by atoms with Gasteiger partial charge in [-0.15, -0.1) is 0 Å². The van der Waals surface area contributed by atoms with E-state index in [0.29, 0.717) is 11.4 Å². The van der Waals surface area contributed by atoms with Crippen LogP contribution in [-0.2, 0) is 4.79 Å². The molecule has 20 heavy (non-hydrogen) atoms. The Morgan fingerprint density at radius 2 is 1.90 bits per heavy atom. The number of anilines is 2. The lowest BCUT2D eigenvalue weighted by Crippen LogP contribution is -2.23. The molecule has 3 N–H and O–H groups in total. The van der Waals surface area contributed by atoms with Crippen molar-refractivity contribution in [3.63, 3.8) is 0 Å². The Balaban J connectivity index is 2.09. The van der Waals surface area contributed by atoms with Crippen LogP contribution in [0.2, 0.25) is 0 Å². The third-order valence-electron chi connectivity index (χ3n) is 2.90. The van der Waals surface area contributed by atoms with Crippen LogP contribution in [0.4, 0.5) is 11.4 Å². The first-order chi connectivity index (χ1) is 9.56.